The highest BCUT2D eigenvalue weighted by Gasteiger charge is 2.22. The van der Waals surface area contributed by atoms with Crippen LogP contribution in [0.1, 0.15) is 11.1 Å². The highest BCUT2D eigenvalue weighted by Crippen LogP contribution is 2.29. The van der Waals surface area contributed by atoms with Gasteiger partial charge in [-0.15, -0.1) is 0 Å². The van der Waals surface area contributed by atoms with Crippen molar-refractivity contribution in [2.45, 2.75) is 13.5 Å². The second-order valence-corrected chi connectivity index (χ2v) is 2.93. The van der Waals surface area contributed by atoms with E-state index >= 15 is 0 Å². The van der Waals surface area contributed by atoms with Crippen LogP contribution in [0.5, 0.6) is 0 Å². The van der Waals surface area contributed by atoms with Crippen molar-refractivity contribution in [3.63, 3.8) is 0 Å². The topological polar surface area (TPSA) is 107 Å². The van der Waals surface area contributed by atoms with Crippen molar-refractivity contribution in [2.24, 2.45) is 0 Å². The van der Waals surface area contributed by atoms with E-state index in [0.29, 0.717) is 0 Å². The van der Waals surface area contributed by atoms with Crippen LogP contribution < -0.4 is 0 Å². The van der Waals surface area contributed by atoms with Crippen molar-refractivity contribution < 1.29 is 15.0 Å². The molecule has 1 aromatic carbocycles. The average molecular weight is 212 g/mol. The molecule has 0 bridgehead atoms. The molecule has 0 aliphatic rings. The van der Waals surface area contributed by atoms with Gasteiger partial charge in [-0.3, -0.25) is 20.2 Å². The van der Waals surface area contributed by atoms with Crippen molar-refractivity contribution in [1.29, 1.82) is 0 Å². The van der Waals surface area contributed by atoms with Gasteiger partial charge in [-0.2, -0.15) is 0 Å². The lowest BCUT2D eigenvalue weighted by atomic mass is 10.1. The monoisotopic (exact) mass is 212 g/mol. The molecule has 0 aliphatic heterocycles. The highest BCUT2D eigenvalue weighted by atomic mass is 16.6. The molecule has 0 aromatic heterocycles. The number of benzene rings is 1. The zero-order valence-corrected chi connectivity index (χ0v) is 7.84. The molecule has 0 heterocycles. The van der Waals surface area contributed by atoms with E-state index in [1.54, 1.807) is 0 Å². The van der Waals surface area contributed by atoms with Crippen LogP contribution >= 0.6 is 0 Å². The summed E-state index contributed by atoms with van der Waals surface area (Å²) in [5, 5.41) is 29.9. The van der Waals surface area contributed by atoms with Crippen LogP contribution in [0.2, 0.25) is 0 Å². The molecule has 15 heavy (non-hydrogen) atoms. The van der Waals surface area contributed by atoms with Gasteiger partial charge >= 0.3 is 0 Å². The van der Waals surface area contributed by atoms with E-state index < -0.39 is 16.5 Å². The van der Waals surface area contributed by atoms with Crippen LogP contribution in [-0.2, 0) is 6.61 Å². The fraction of sp³-hybridized carbons (Fsp3) is 0.250. The van der Waals surface area contributed by atoms with E-state index in [1.165, 1.54) is 6.92 Å². The van der Waals surface area contributed by atoms with Gasteiger partial charge in [0.15, 0.2) is 0 Å². The van der Waals surface area contributed by atoms with Crippen molar-refractivity contribution in [1.82, 2.24) is 0 Å². The van der Waals surface area contributed by atoms with E-state index in [4.69, 9.17) is 5.11 Å². The molecule has 0 radical (unpaired) electrons. The molecule has 80 valence electrons. The van der Waals surface area contributed by atoms with Gasteiger partial charge in [0.05, 0.1) is 16.5 Å². The molecule has 1 aromatic rings. The Kier molecular flexibility index (Phi) is 2.96. The van der Waals surface area contributed by atoms with Gasteiger partial charge in [-0.25, -0.2) is 0 Å². The Morgan fingerprint density at radius 2 is 1.60 bits per heavy atom. The largest absolute Gasteiger partial charge is 0.392 e. The van der Waals surface area contributed by atoms with E-state index in [0.717, 1.165) is 12.1 Å². The van der Waals surface area contributed by atoms with Crippen molar-refractivity contribution >= 4 is 11.4 Å². The minimum Gasteiger partial charge on any atom is -0.392 e. The highest BCUT2D eigenvalue weighted by molar-refractivity contribution is 5.55. The van der Waals surface area contributed by atoms with Crippen LogP contribution in [0.25, 0.3) is 0 Å². The lowest BCUT2D eigenvalue weighted by Gasteiger charge is -2.01. The quantitative estimate of drug-likeness (QED) is 0.600. The first-order valence-electron chi connectivity index (χ1n) is 4.00. The number of hydrogen-bond acceptors (Lipinski definition) is 5. The molecule has 0 saturated carbocycles. The fourth-order valence-corrected chi connectivity index (χ4v) is 1.21. The number of aliphatic hydroxyl groups excluding tert-OH is 1. The molecule has 7 nitrogen and oxygen atoms in total. The van der Waals surface area contributed by atoms with Gasteiger partial charge < -0.3 is 5.11 Å². The minimum atomic E-state index is -0.707. The predicted molar refractivity (Wildman–Crippen MR) is 50.4 cm³/mol. The fourth-order valence-electron chi connectivity index (χ4n) is 1.21. The maximum Gasteiger partial charge on any atom is 0.279 e. The number of nitrogens with zero attached hydrogens (tertiary/aromatic N) is 2. The van der Waals surface area contributed by atoms with E-state index in [1.807, 2.05) is 0 Å². The Labute approximate surface area is 84.3 Å². The number of aliphatic hydroxyl groups is 1. The Morgan fingerprint density at radius 1 is 1.20 bits per heavy atom. The third kappa shape index (κ3) is 2.08. The zero-order chi connectivity index (χ0) is 11.6. The van der Waals surface area contributed by atoms with Crippen LogP contribution in [0.15, 0.2) is 12.1 Å². The Morgan fingerprint density at radius 3 is 1.87 bits per heavy atom. The van der Waals surface area contributed by atoms with Gasteiger partial charge in [0.25, 0.3) is 11.4 Å². The van der Waals surface area contributed by atoms with Crippen LogP contribution in [0.3, 0.4) is 0 Å². The summed E-state index contributed by atoms with van der Waals surface area (Å²) < 4.78 is 0. The standard InChI is InChI=1S/C8H8N2O5/c1-5-7(9(12)13)2-6(4-11)3-8(5)10(14)15/h2-3,11H,4H2,1H3. The summed E-state index contributed by atoms with van der Waals surface area (Å²) in [6.45, 7) is 0.833. The summed E-state index contributed by atoms with van der Waals surface area (Å²) in [4.78, 5) is 19.7. The van der Waals surface area contributed by atoms with Crippen LogP contribution in [0, 0.1) is 27.2 Å². The molecule has 0 amide bonds. The zero-order valence-electron chi connectivity index (χ0n) is 7.84. The van der Waals surface area contributed by atoms with E-state index in [2.05, 4.69) is 0 Å². The van der Waals surface area contributed by atoms with Gasteiger partial charge in [0.2, 0.25) is 0 Å². The number of nitro benzene ring substituents is 2. The van der Waals surface area contributed by atoms with Crippen LogP contribution in [-0.4, -0.2) is 15.0 Å². The third-order valence-corrected chi connectivity index (χ3v) is 1.99. The minimum absolute atomic E-state index is 0.0119. The van der Waals surface area contributed by atoms with Gasteiger partial charge in [0, 0.05) is 12.1 Å². The number of nitro groups is 2. The molecule has 0 saturated heterocycles. The average Bonchev–Trinajstić information content (AvgIpc) is 2.17. The molecule has 1 rings (SSSR count). The van der Waals surface area contributed by atoms with Gasteiger partial charge in [-0.05, 0) is 12.5 Å². The molecule has 7 heteroatoms. The van der Waals surface area contributed by atoms with E-state index in [9.17, 15) is 20.2 Å². The van der Waals surface area contributed by atoms with Gasteiger partial charge in [-0.1, -0.05) is 0 Å². The first-order valence-corrected chi connectivity index (χ1v) is 4.00. The maximum atomic E-state index is 10.6. The number of rotatable bonds is 3. The third-order valence-electron chi connectivity index (χ3n) is 1.99. The SMILES string of the molecule is Cc1c([N+](=O)[O-])cc(CO)cc1[N+](=O)[O-]. The molecular formula is C8H8N2O5. The van der Waals surface area contributed by atoms with Crippen LogP contribution in [0.4, 0.5) is 11.4 Å². The van der Waals surface area contributed by atoms with Crippen molar-refractivity contribution in [3.05, 3.63) is 43.5 Å². The molecule has 0 aliphatic carbocycles. The Bertz CT molecular complexity index is 394. The lowest BCUT2D eigenvalue weighted by Crippen LogP contribution is -1.99. The molecule has 0 unspecified atom stereocenters. The summed E-state index contributed by atoms with van der Waals surface area (Å²) >= 11 is 0. The summed E-state index contributed by atoms with van der Waals surface area (Å²) in [6.07, 6.45) is 0. The lowest BCUT2D eigenvalue weighted by molar-refractivity contribution is -0.395. The predicted octanol–water partition coefficient (Wildman–Crippen LogP) is 1.30. The maximum absolute atomic E-state index is 10.6. The summed E-state index contributed by atoms with van der Waals surface area (Å²) in [5.41, 5.74) is -0.567. The second kappa shape index (κ2) is 4.01. The molecule has 0 spiro atoms. The second-order valence-electron chi connectivity index (χ2n) is 2.93. The number of hydrogen-bond donors (Lipinski definition) is 1. The summed E-state index contributed by atoms with van der Waals surface area (Å²) in [5.74, 6) is 0. The molecular weight excluding hydrogens is 204 g/mol. The Hall–Kier alpha value is -2.02. The summed E-state index contributed by atoms with van der Waals surface area (Å²) in [7, 11) is 0. The molecule has 0 atom stereocenters. The molecule has 1 N–H and O–H groups in total. The first-order chi connectivity index (χ1) is 6.97. The summed E-state index contributed by atoms with van der Waals surface area (Å²) in [6, 6.07) is 2.25. The van der Waals surface area contributed by atoms with E-state index in [-0.39, 0.29) is 22.5 Å². The van der Waals surface area contributed by atoms with Crippen molar-refractivity contribution in [3.8, 4) is 0 Å². The first kappa shape index (κ1) is 11.1. The van der Waals surface area contributed by atoms with Gasteiger partial charge in [0.1, 0.15) is 5.56 Å². The molecule has 0 fully saturated rings. The Balaban J connectivity index is 3.47. The van der Waals surface area contributed by atoms with Crippen molar-refractivity contribution in [2.75, 3.05) is 0 Å². The normalized spacial score (nSPS) is 10.0. The smallest absolute Gasteiger partial charge is 0.279 e.